The monoisotopic (exact) mass is 376 g/mol. The van der Waals surface area contributed by atoms with Crippen LogP contribution in [0.4, 0.5) is 0 Å². The van der Waals surface area contributed by atoms with Crippen LogP contribution < -0.4 is 0 Å². The Bertz CT molecular complexity index is 851. The standard InChI is InChI=1S/C20H24O7/c1-7(2)18-13(26-18)14-20(27-14)17(3)5-10(21)12-8(6-24-15(12)22)9(17)4-11-19(20,25-11)16(18)23/h7,9-11,13-14,16,21,23H,4-6H2,1-3H3/t9?,10-,11-,13?,14-,16+,17-,18-,19+,20+/m0/s1. The fraction of sp³-hybridized carbons (Fsp3) is 0.850. The van der Waals surface area contributed by atoms with E-state index in [1.807, 2.05) is 0 Å². The van der Waals surface area contributed by atoms with Gasteiger partial charge in [0.15, 0.2) is 5.60 Å². The van der Waals surface area contributed by atoms with E-state index in [9.17, 15) is 15.0 Å². The van der Waals surface area contributed by atoms with Gasteiger partial charge in [-0.15, -0.1) is 0 Å². The lowest BCUT2D eigenvalue weighted by Crippen LogP contribution is -2.69. The highest BCUT2D eigenvalue weighted by molar-refractivity contribution is 5.93. The summed E-state index contributed by atoms with van der Waals surface area (Å²) in [5, 5.41) is 22.3. The molecule has 4 aliphatic heterocycles. The molecule has 146 valence electrons. The Morgan fingerprint density at radius 3 is 2.67 bits per heavy atom. The number of epoxide rings is 3. The van der Waals surface area contributed by atoms with Gasteiger partial charge in [0.1, 0.15) is 36.1 Å². The van der Waals surface area contributed by atoms with Gasteiger partial charge in [0.2, 0.25) is 0 Å². The SMILES string of the molecule is CC(C)[C@]12OC1[C@@H]1O[C@]13[C@]1(O[C@H]1CC1C4=C(C(=O)OC4)[C@@H](O)C[C@@]13C)[C@@H]2O. The second-order valence-electron chi connectivity index (χ2n) is 10.1. The Labute approximate surface area is 156 Å². The molecule has 0 amide bonds. The number of rotatable bonds is 1. The summed E-state index contributed by atoms with van der Waals surface area (Å²) in [6.07, 6.45) is -0.861. The van der Waals surface area contributed by atoms with Crippen molar-refractivity contribution in [3.63, 3.8) is 0 Å². The molecule has 7 heteroatoms. The molecular weight excluding hydrogens is 352 g/mol. The van der Waals surface area contributed by atoms with Crippen LogP contribution in [0.3, 0.4) is 0 Å². The van der Waals surface area contributed by atoms with Crippen molar-refractivity contribution >= 4 is 5.97 Å². The minimum Gasteiger partial charge on any atom is -0.458 e. The maximum absolute atomic E-state index is 12.1. The van der Waals surface area contributed by atoms with Gasteiger partial charge in [0.25, 0.3) is 0 Å². The number of fused-ring (bicyclic) bond motifs is 4. The molecule has 2 spiro atoms. The molecule has 5 fully saturated rings. The predicted octanol–water partition coefficient (Wildman–Crippen LogP) is 0.0739. The van der Waals surface area contributed by atoms with Crippen LogP contribution in [0.25, 0.3) is 0 Å². The maximum atomic E-state index is 12.1. The number of ether oxygens (including phenoxy) is 4. The van der Waals surface area contributed by atoms with Gasteiger partial charge < -0.3 is 29.2 Å². The fourth-order valence-corrected chi connectivity index (χ4v) is 7.80. The highest BCUT2D eigenvalue weighted by atomic mass is 16.7. The van der Waals surface area contributed by atoms with Gasteiger partial charge in [0, 0.05) is 5.41 Å². The average Bonchev–Trinajstić information content (AvgIpc) is 3.48. The lowest BCUT2D eigenvalue weighted by atomic mass is 9.46. The third kappa shape index (κ3) is 1.27. The minimum atomic E-state index is -0.864. The number of carbonyl (C=O) groups is 1. The van der Waals surface area contributed by atoms with Crippen molar-refractivity contribution in [2.75, 3.05) is 6.61 Å². The second-order valence-corrected chi connectivity index (χ2v) is 10.1. The Morgan fingerprint density at radius 1 is 1.15 bits per heavy atom. The van der Waals surface area contributed by atoms with Crippen LogP contribution in [0.15, 0.2) is 11.1 Å². The number of esters is 1. The van der Waals surface area contributed by atoms with Crippen LogP contribution in [0.1, 0.15) is 33.6 Å². The van der Waals surface area contributed by atoms with E-state index in [4.69, 9.17) is 18.9 Å². The zero-order chi connectivity index (χ0) is 18.7. The van der Waals surface area contributed by atoms with Crippen molar-refractivity contribution in [2.24, 2.45) is 17.3 Å². The quantitative estimate of drug-likeness (QED) is 0.493. The van der Waals surface area contributed by atoms with Gasteiger partial charge in [-0.3, -0.25) is 0 Å². The van der Waals surface area contributed by atoms with Gasteiger partial charge >= 0.3 is 5.97 Å². The first-order valence-corrected chi connectivity index (χ1v) is 10.1. The van der Waals surface area contributed by atoms with E-state index in [1.165, 1.54) is 0 Å². The molecule has 2 saturated carbocycles. The summed E-state index contributed by atoms with van der Waals surface area (Å²) in [5.41, 5.74) is -1.12. The molecule has 3 saturated heterocycles. The van der Waals surface area contributed by atoms with E-state index in [-0.39, 0.29) is 36.8 Å². The van der Waals surface area contributed by atoms with Crippen molar-refractivity contribution in [3.8, 4) is 0 Å². The predicted molar refractivity (Wildman–Crippen MR) is 88.5 cm³/mol. The summed E-state index contributed by atoms with van der Waals surface area (Å²) in [6, 6.07) is 0. The number of aliphatic hydroxyl groups excluding tert-OH is 2. The molecule has 0 radical (unpaired) electrons. The molecule has 0 bridgehead atoms. The normalized spacial score (nSPS) is 64.0. The lowest BCUT2D eigenvalue weighted by molar-refractivity contribution is -0.137. The molecule has 27 heavy (non-hydrogen) atoms. The van der Waals surface area contributed by atoms with Crippen LogP contribution in [-0.2, 0) is 23.7 Å². The molecule has 2 N–H and O–H groups in total. The van der Waals surface area contributed by atoms with Crippen molar-refractivity contribution in [1.29, 1.82) is 0 Å². The van der Waals surface area contributed by atoms with Gasteiger partial charge in [0.05, 0.1) is 17.8 Å². The number of hydrogen-bond acceptors (Lipinski definition) is 7. The molecule has 0 aromatic carbocycles. The molecule has 7 nitrogen and oxygen atoms in total. The molecule has 0 aromatic rings. The van der Waals surface area contributed by atoms with Crippen molar-refractivity contribution in [1.82, 2.24) is 0 Å². The van der Waals surface area contributed by atoms with E-state index >= 15 is 0 Å². The molecule has 10 atom stereocenters. The zero-order valence-corrected chi connectivity index (χ0v) is 15.6. The number of hydrogen-bond donors (Lipinski definition) is 2. The third-order valence-corrected chi connectivity index (χ3v) is 9.09. The summed E-state index contributed by atoms with van der Waals surface area (Å²) in [4.78, 5) is 12.1. The molecule has 7 aliphatic rings. The van der Waals surface area contributed by atoms with E-state index in [0.717, 1.165) is 5.57 Å². The Balaban J connectivity index is 1.40. The summed E-state index contributed by atoms with van der Waals surface area (Å²) in [7, 11) is 0. The fourth-order valence-electron chi connectivity index (χ4n) is 7.80. The number of aliphatic hydroxyl groups is 2. The van der Waals surface area contributed by atoms with Crippen LogP contribution in [0.5, 0.6) is 0 Å². The van der Waals surface area contributed by atoms with Gasteiger partial charge in [-0.25, -0.2) is 4.79 Å². The van der Waals surface area contributed by atoms with Crippen molar-refractivity contribution in [2.45, 2.75) is 80.9 Å². The van der Waals surface area contributed by atoms with Crippen LogP contribution in [0.2, 0.25) is 0 Å². The molecule has 4 heterocycles. The van der Waals surface area contributed by atoms with Gasteiger partial charge in [-0.2, -0.15) is 0 Å². The Hall–Kier alpha value is -0.990. The summed E-state index contributed by atoms with van der Waals surface area (Å²) in [6.45, 7) is 6.51. The lowest BCUT2D eigenvalue weighted by Gasteiger charge is -2.54. The zero-order valence-electron chi connectivity index (χ0n) is 15.6. The molecule has 2 unspecified atom stereocenters. The van der Waals surface area contributed by atoms with Crippen LogP contribution in [-0.4, -0.2) is 70.1 Å². The Kier molecular flexibility index (Phi) is 2.35. The topological polar surface area (TPSA) is 104 Å². The number of cyclic esters (lactones) is 1. The van der Waals surface area contributed by atoms with Crippen molar-refractivity contribution < 1.29 is 34.0 Å². The first-order valence-electron chi connectivity index (χ1n) is 10.1. The molecule has 0 aromatic heterocycles. The van der Waals surface area contributed by atoms with Gasteiger partial charge in [-0.1, -0.05) is 20.8 Å². The maximum Gasteiger partial charge on any atom is 0.337 e. The van der Waals surface area contributed by atoms with E-state index < -0.39 is 40.4 Å². The first-order chi connectivity index (χ1) is 12.8. The van der Waals surface area contributed by atoms with Crippen LogP contribution in [0, 0.1) is 17.3 Å². The molecular formula is C20H24O7. The summed E-state index contributed by atoms with van der Waals surface area (Å²) in [5.74, 6) is -0.186. The summed E-state index contributed by atoms with van der Waals surface area (Å²) < 4.78 is 24.1. The van der Waals surface area contributed by atoms with E-state index in [0.29, 0.717) is 18.4 Å². The second kappa shape index (κ2) is 4.00. The average molecular weight is 376 g/mol. The summed E-state index contributed by atoms with van der Waals surface area (Å²) >= 11 is 0. The third-order valence-electron chi connectivity index (χ3n) is 9.09. The highest BCUT2D eigenvalue weighted by Crippen LogP contribution is 2.82. The van der Waals surface area contributed by atoms with E-state index in [1.54, 1.807) is 0 Å². The number of carbonyl (C=O) groups excluding carboxylic acids is 1. The van der Waals surface area contributed by atoms with E-state index in [2.05, 4.69) is 20.8 Å². The highest BCUT2D eigenvalue weighted by Gasteiger charge is 3.00. The minimum absolute atomic E-state index is 0.0467. The molecule has 3 aliphatic carbocycles. The van der Waals surface area contributed by atoms with Gasteiger partial charge in [-0.05, 0) is 30.3 Å². The smallest absolute Gasteiger partial charge is 0.337 e. The molecule has 7 rings (SSSR count). The largest absolute Gasteiger partial charge is 0.458 e. The van der Waals surface area contributed by atoms with Crippen LogP contribution >= 0.6 is 0 Å². The van der Waals surface area contributed by atoms with Crippen molar-refractivity contribution in [3.05, 3.63) is 11.1 Å². The first kappa shape index (κ1) is 15.9. The Morgan fingerprint density at radius 2 is 1.93 bits per heavy atom.